The third-order valence-corrected chi connectivity index (χ3v) is 3.97. The molecule has 0 radical (unpaired) electrons. The fourth-order valence-electron chi connectivity index (χ4n) is 2.50. The summed E-state index contributed by atoms with van der Waals surface area (Å²) in [5, 5.41) is 9.16. The molecule has 1 unspecified atom stereocenters. The maximum atomic E-state index is 12.8. The number of hydrogen-bond acceptors (Lipinski definition) is 5. The Labute approximate surface area is 152 Å². The lowest BCUT2D eigenvalue weighted by atomic mass is 10.1. The number of aromatic nitrogens is 1. The third-order valence-electron chi connectivity index (χ3n) is 3.97. The summed E-state index contributed by atoms with van der Waals surface area (Å²) in [5.74, 6) is -1.14. The summed E-state index contributed by atoms with van der Waals surface area (Å²) >= 11 is 0. The molecule has 2 aromatic rings. The third kappa shape index (κ3) is 5.42. The van der Waals surface area contributed by atoms with Crippen molar-refractivity contribution in [3.63, 3.8) is 0 Å². The Balaban J connectivity index is 2.09. The molecule has 0 aliphatic heterocycles. The summed E-state index contributed by atoms with van der Waals surface area (Å²) in [6, 6.07) is 6.99. The zero-order valence-corrected chi connectivity index (χ0v) is 15.1. The zero-order valence-electron chi connectivity index (χ0n) is 15.1. The van der Waals surface area contributed by atoms with E-state index in [1.165, 1.54) is 6.39 Å². The second kappa shape index (κ2) is 9.72. The first-order valence-electron chi connectivity index (χ1n) is 8.61. The molecule has 0 fully saturated rings. The van der Waals surface area contributed by atoms with Crippen molar-refractivity contribution in [1.82, 2.24) is 9.88 Å². The van der Waals surface area contributed by atoms with Gasteiger partial charge in [0, 0.05) is 37.4 Å². The summed E-state index contributed by atoms with van der Waals surface area (Å²) < 4.78 is 10.5. The molecule has 140 valence electrons. The molecule has 0 aliphatic carbocycles. The number of benzene rings is 1. The standard InChI is InChI=1S/C19H24N2O5/c1-3-25-10-4-9-21(12-14(2)19(23)24)18(22)16-7-5-15(6-8-16)17-11-20-13-26-17/h5-8,11,13-14H,3-4,9-10,12H2,1-2H3,(H,23,24). The van der Waals surface area contributed by atoms with Gasteiger partial charge in [-0.15, -0.1) is 0 Å². The number of carboxylic acid groups (broad SMARTS) is 1. The Hall–Kier alpha value is -2.67. The number of carboxylic acids is 1. The van der Waals surface area contributed by atoms with Crippen molar-refractivity contribution in [1.29, 1.82) is 0 Å². The quantitative estimate of drug-likeness (QED) is 0.655. The van der Waals surface area contributed by atoms with Crippen LogP contribution in [0.1, 0.15) is 30.6 Å². The Morgan fingerprint density at radius 3 is 2.62 bits per heavy atom. The average molecular weight is 360 g/mol. The average Bonchev–Trinajstić information content (AvgIpc) is 3.18. The van der Waals surface area contributed by atoms with Crippen LogP contribution in [0.3, 0.4) is 0 Å². The molecule has 26 heavy (non-hydrogen) atoms. The molecule has 0 aliphatic rings. The minimum Gasteiger partial charge on any atom is -0.481 e. The molecular weight excluding hydrogens is 336 g/mol. The second-order valence-electron chi connectivity index (χ2n) is 5.98. The van der Waals surface area contributed by atoms with Crippen molar-refractivity contribution in [2.24, 2.45) is 5.92 Å². The number of aliphatic carboxylic acids is 1. The largest absolute Gasteiger partial charge is 0.481 e. The summed E-state index contributed by atoms with van der Waals surface area (Å²) in [7, 11) is 0. The van der Waals surface area contributed by atoms with E-state index in [9.17, 15) is 9.59 Å². The second-order valence-corrected chi connectivity index (χ2v) is 5.98. The smallest absolute Gasteiger partial charge is 0.308 e. The number of nitrogens with zero attached hydrogens (tertiary/aromatic N) is 2. The highest BCUT2D eigenvalue weighted by molar-refractivity contribution is 5.94. The fourth-order valence-corrected chi connectivity index (χ4v) is 2.50. The monoisotopic (exact) mass is 360 g/mol. The van der Waals surface area contributed by atoms with Gasteiger partial charge in [0.2, 0.25) is 0 Å². The van der Waals surface area contributed by atoms with E-state index >= 15 is 0 Å². The highest BCUT2D eigenvalue weighted by Crippen LogP contribution is 2.20. The summed E-state index contributed by atoms with van der Waals surface area (Å²) in [6.07, 6.45) is 3.61. The van der Waals surface area contributed by atoms with Crippen LogP contribution in [0.2, 0.25) is 0 Å². The van der Waals surface area contributed by atoms with E-state index in [2.05, 4.69) is 4.98 Å². The van der Waals surface area contributed by atoms with Crippen LogP contribution in [-0.2, 0) is 9.53 Å². The highest BCUT2D eigenvalue weighted by atomic mass is 16.5. The lowest BCUT2D eigenvalue weighted by Crippen LogP contribution is -2.38. The van der Waals surface area contributed by atoms with Crippen LogP contribution in [0.5, 0.6) is 0 Å². The molecule has 7 heteroatoms. The first-order valence-corrected chi connectivity index (χ1v) is 8.61. The van der Waals surface area contributed by atoms with Gasteiger partial charge in [0.05, 0.1) is 12.1 Å². The number of ether oxygens (including phenoxy) is 1. The molecule has 0 bridgehead atoms. The van der Waals surface area contributed by atoms with Crippen molar-refractivity contribution in [2.45, 2.75) is 20.3 Å². The number of carbonyl (C=O) groups excluding carboxylic acids is 1. The van der Waals surface area contributed by atoms with Crippen LogP contribution in [0, 0.1) is 5.92 Å². The van der Waals surface area contributed by atoms with E-state index in [0.29, 0.717) is 37.5 Å². The molecule has 2 rings (SSSR count). The SMILES string of the molecule is CCOCCCN(CC(C)C(=O)O)C(=O)c1ccc(-c2cnco2)cc1. The van der Waals surface area contributed by atoms with Gasteiger partial charge in [0.1, 0.15) is 0 Å². The van der Waals surface area contributed by atoms with Gasteiger partial charge >= 0.3 is 5.97 Å². The van der Waals surface area contributed by atoms with Crippen molar-refractivity contribution in [3.05, 3.63) is 42.4 Å². The Morgan fingerprint density at radius 2 is 2.04 bits per heavy atom. The number of rotatable bonds is 10. The van der Waals surface area contributed by atoms with Gasteiger partial charge in [-0.1, -0.05) is 19.1 Å². The molecule has 0 saturated heterocycles. The number of carbonyl (C=O) groups is 2. The van der Waals surface area contributed by atoms with Crippen molar-refractivity contribution in [3.8, 4) is 11.3 Å². The van der Waals surface area contributed by atoms with Crippen molar-refractivity contribution >= 4 is 11.9 Å². The first-order chi connectivity index (χ1) is 12.5. The number of amides is 1. The van der Waals surface area contributed by atoms with E-state index < -0.39 is 11.9 Å². The maximum Gasteiger partial charge on any atom is 0.308 e. The van der Waals surface area contributed by atoms with Gasteiger partial charge in [-0.3, -0.25) is 9.59 Å². The molecule has 7 nitrogen and oxygen atoms in total. The van der Waals surface area contributed by atoms with E-state index in [1.54, 1.807) is 42.3 Å². The summed E-state index contributed by atoms with van der Waals surface area (Å²) in [4.78, 5) is 29.4. The Bertz CT molecular complexity index is 697. The van der Waals surface area contributed by atoms with Gasteiger partial charge < -0.3 is 19.2 Å². The van der Waals surface area contributed by atoms with Crippen LogP contribution >= 0.6 is 0 Å². The Morgan fingerprint density at radius 1 is 1.31 bits per heavy atom. The molecule has 1 atom stereocenters. The summed E-state index contributed by atoms with van der Waals surface area (Å²) in [5.41, 5.74) is 1.32. The zero-order chi connectivity index (χ0) is 18.9. The van der Waals surface area contributed by atoms with Gasteiger partial charge in [0.15, 0.2) is 12.2 Å². The minimum atomic E-state index is -0.923. The van der Waals surface area contributed by atoms with Crippen LogP contribution in [-0.4, -0.2) is 53.2 Å². The van der Waals surface area contributed by atoms with Crippen molar-refractivity contribution in [2.75, 3.05) is 26.3 Å². The fraction of sp³-hybridized carbons (Fsp3) is 0.421. The number of oxazole rings is 1. The van der Waals surface area contributed by atoms with Crippen LogP contribution in [0.4, 0.5) is 0 Å². The van der Waals surface area contributed by atoms with E-state index in [0.717, 1.165) is 5.56 Å². The molecule has 1 amide bonds. The van der Waals surface area contributed by atoms with E-state index in [4.69, 9.17) is 14.3 Å². The van der Waals surface area contributed by atoms with Crippen LogP contribution in [0.25, 0.3) is 11.3 Å². The van der Waals surface area contributed by atoms with Crippen LogP contribution < -0.4 is 0 Å². The van der Waals surface area contributed by atoms with Gasteiger partial charge in [-0.05, 0) is 25.5 Å². The van der Waals surface area contributed by atoms with Gasteiger partial charge in [-0.2, -0.15) is 0 Å². The Kier molecular flexibility index (Phi) is 7.35. The summed E-state index contributed by atoms with van der Waals surface area (Å²) in [6.45, 7) is 5.25. The lowest BCUT2D eigenvalue weighted by molar-refractivity contribution is -0.141. The van der Waals surface area contributed by atoms with E-state index in [1.807, 2.05) is 6.92 Å². The number of hydrogen-bond donors (Lipinski definition) is 1. The van der Waals surface area contributed by atoms with Crippen LogP contribution in [0.15, 0.2) is 41.3 Å². The molecule has 0 saturated carbocycles. The molecule has 1 N–H and O–H groups in total. The van der Waals surface area contributed by atoms with Gasteiger partial charge in [-0.25, -0.2) is 4.98 Å². The normalized spacial score (nSPS) is 11.9. The molecule has 1 aromatic heterocycles. The van der Waals surface area contributed by atoms with Crippen molar-refractivity contribution < 1.29 is 23.8 Å². The molecule has 1 aromatic carbocycles. The first kappa shape index (κ1) is 19.7. The maximum absolute atomic E-state index is 12.8. The van der Waals surface area contributed by atoms with Gasteiger partial charge in [0.25, 0.3) is 5.91 Å². The molecular formula is C19H24N2O5. The minimum absolute atomic E-state index is 0.157. The lowest BCUT2D eigenvalue weighted by Gasteiger charge is -2.24. The predicted octanol–water partition coefficient (Wildman–Crippen LogP) is 2.93. The predicted molar refractivity (Wildman–Crippen MR) is 95.8 cm³/mol. The topological polar surface area (TPSA) is 92.9 Å². The highest BCUT2D eigenvalue weighted by Gasteiger charge is 2.21. The van der Waals surface area contributed by atoms with E-state index in [-0.39, 0.29) is 12.5 Å². The molecule has 0 spiro atoms. The molecule has 1 heterocycles.